The van der Waals surface area contributed by atoms with Gasteiger partial charge in [-0.2, -0.15) is 5.26 Å². The lowest BCUT2D eigenvalue weighted by Crippen LogP contribution is -1.95. The van der Waals surface area contributed by atoms with Crippen LogP contribution < -0.4 is 0 Å². The van der Waals surface area contributed by atoms with E-state index in [-0.39, 0.29) is 0 Å². The van der Waals surface area contributed by atoms with E-state index in [2.05, 4.69) is 344 Å². The van der Waals surface area contributed by atoms with Crippen LogP contribution in [0.25, 0.3) is 180 Å². The molecule has 0 fully saturated rings. The van der Waals surface area contributed by atoms with E-state index >= 15 is 0 Å². The molecule has 0 unspecified atom stereocenters. The molecule has 0 spiro atoms. The fourth-order valence-corrected chi connectivity index (χ4v) is 17.0. The van der Waals surface area contributed by atoms with Gasteiger partial charge in [0.1, 0.15) is 0 Å². The molecule has 0 radical (unpaired) electrons. The molecule has 0 saturated heterocycles. The van der Waals surface area contributed by atoms with Gasteiger partial charge in [0.05, 0.1) is 77.2 Å². The Morgan fingerprint density at radius 3 is 0.949 bits per heavy atom. The third-order valence-corrected chi connectivity index (χ3v) is 21.4. The number of rotatable bonds is 7. The Balaban J connectivity index is 0.000000133. The molecule has 0 saturated carbocycles. The van der Waals surface area contributed by atoms with Crippen LogP contribution in [0.1, 0.15) is 5.56 Å². The topological polar surface area (TPSA) is 48.4 Å². The first-order chi connectivity index (χ1) is 48.6. The van der Waals surface area contributed by atoms with Gasteiger partial charge in [0.25, 0.3) is 0 Å². The fraction of sp³-hybridized carbons (Fsp3) is 0. The maximum absolute atomic E-state index is 9.34. The first-order valence-corrected chi connectivity index (χ1v) is 34.1. The van der Waals surface area contributed by atoms with Gasteiger partial charge in [-0.25, -0.2) is 0 Å². The second-order valence-electron chi connectivity index (χ2n) is 25.5. The summed E-state index contributed by atoms with van der Waals surface area (Å²) in [6.07, 6.45) is 0. The van der Waals surface area contributed by atoms with Gasteiger partial charge in [-0.1, -0.05) is 182 Å². The number of hydrogen-bond acceptors (Lipinski definition) is 2. The van der Waals surface area contributed by atoms with Crippen LogP contribution in [0, 0.1) is 11.3 Å². The second-order valence-corrected chi connectivity index (χ2v) is 26.5. The van der Waals surface area contributed by atoms with E-state index in [4.69, 9.17) is 0 Å². The van der Waals surface area contributed by atoms with Crippen LogP contribution in [0.3, 0.4) is 0 Å². The van der Waals surface area contributed by atoms with Gasteiger partial charge >= 0.3 is 0 Å². The highest BCUT2D eigenvalue weighted by molar-refractivity contribution is 7.26. The lowest BCUT2D eigenvalue weighted by Gasteiger charge is -2.11. The third kappa shape index (κ3) is 8.52. The van der Waals surface area contributed by atoms with E-state index < -0.39 is 0 Å². The minimum atomic E-state index is 0.661. The quantitative estimate of drug-likeness (QED) is 0.157. The monoisotopic (exact) mass is 1260 g/mol. The summed E-state index contributed by atoms with van der Waals surface area (Å²) >= 11 is 1.87. The summed E-state index contributed by atoms with van der Waals surface area (Å²) in [4.78, 5) is 0. The third-order valence-electron chi connectivity index (χ3n) is 20.2. The predicted molar refractivity (Wildman–Crippen MR) is 413 cm³/mol. The molecule has 15 aromatic carbocycles. The molecule has 98 heavy (non-hydrogen) atoms. The number of nitrogens with zero attached hydrogens (tertiary/aromatic N) is 6. The van der Waals surface area contributed by atoms with Gasteiger partial charge in [0, 0.05) is 92.1 Å². The highest BCUT2D eigenvalue weighted by atomic mass is 32.1. The Morgan fingerprint density at radius 2 is 0.520 bits per heavy atom. The first-order valence-electron chi connectivity index (χ1n) is 33.3. The highest BCUT2D eigenvalue weighted by Crippen LogP contribution is 2.45. The van der Waals surface area contributed by atoms with Gasteiger partial charge in [0.2, 0.25) is 0 Å². The van der Waals surface area contributed by atoms with Crippen molar-refractivity contribution in [2.45, 2.75) is 0 Å². The molecule has 21 aromatic rings. The SMILES string of the molecule is N#Cc1ccc(-n2c3ccccc3c3cc(-c4ccc5c(c4)c4ccccc4n5-c4cccc5c4sc4ccccc45)ccc32)cc1.c1ccc(-n2c3ccccc3c3cc(-c4ccc5c(c4)c4ccccc4n5-c4ccc5c(c4)c4ccccc4n5-c4ccccc4)ccc32)cc1. The second kappa shape index (κ2) is 22.1. The predicted octanol–water partition coefficient (Wildman–Crippen LogP) is 24.4. The minimum absolute atomic E-state index is 0.661. The Bertz CT molecular complexity index is 6870. The van der Waals surface area contributed by atoms with Crippen molar-refractivity contribution in [1.82, 2.24) is 22.8 Å². The number of aromatic nitrogens is 5. The van der Waals surface area contributed by atoms with Gasteiger partial charge in [-0.05, 0) is 180 Å². The summed E-state index contributed by atoms with van der Waals surface area (Å²) in [6.45, 7) is 0. The van der Waals surface area contributed by atoms with E-state index in [0.29, 0.717) is 5.56 Å². The largest absolute Gasteiger partial charge is 0.309 e. The molecule has 0 bridgehead atoms. The van der Waals surface area contributed by atoms with Gasteiger partial charge in [-0.3, -0.25) is 0 Å². The molecule has 0 amide bonds. The first kappa shape index (κ1) is 55.5. The Labute approximate surface area is 567 Å². The van der Waals surface area contributed by atoms with Crippen LogP contribution in [0.4, 0.5) is 0 Å². The van der Waals surface area contributed by atoms with Crippen LogP contribution in [0.15, 0.2) is 340 Å². The van der Waals surface area contributed by atoms with Crippen LogP contribution >= 0.6 is 11.3 Å². The lowest BCUT2D eigenvalue weighted by atomic mass is 10.0. The number of fused-ring (bicyclic) bond motifs is 18. The molecule has 6 aromatic heterocycles. The average molecular weight is 1270 g/mol. The average Bonchev–Trinajstić information content (AvgIpc) is 1.51. The van der Waals surface area contributed by atoms with E-state index in [1.807, 2.05) is 35.6 Å². The number of para-hydroxylation sites is 7. The van der Waals surface area contributed by atoms with E-state index in [1.165, 1.54) is 157 Å². The molecule has 6 nitrogen and oxygen atoms in total. The molecular formula is C91H56N6S. The molecule has 7 heteroatoms. The molecule has 0 aliphatic rings. The van der Waals surface area contributed by atoms with Crippen molar-refractivity contribution >= 4 is 141 Å². The molecule has 6 heterocycles. The Kier molecular flexibility index (Phi) is 12.5. The van der Waals surface area contributed by atoms with E-state index in [0.717, 1.165) is 22.4 Å². The van der Waals surface area contributed by atoms with Crippen LogP contribution in [0.2, 0.25) is 0 Å². The van der Waals surface area contributed by atoms with Crippen molar-refractivity contribution in [1.29, 1.82) is 5.26 Å². The summed E-state index contributed by atoms with van der Waals surface area (Å²) < 4.78 is 14.5. The zero-order valence-electron chi connectivity index (χ0n) is 52.9. The van der Waals surface area contributed by atoms with Gasteiger partial charge in [-0.15, -0.1) is 11.3 Å². The normalized spacial score (nSPS) is 11.9. The smallest absolute Gasteiger partial charge is 0.0991 e. The molecule has 0 aliphatic carbocycles. The summed E-state index contributed by atoms with van der Waals surface area (Å²) in [5, 5.41) is 24.4. The summed E-state index contributed by atoms with van der Waals surface area (Å²) in [7, 11) is 0. The maximum Gasteiger partial charge on any atom is 0.0991 e. The van der Waals surface area contributed by atoms with Crippen molar-refractivity contribution in [2.24, 2.45) is 0 Å². The van der Waals surface area contributed by atoms with Crippen molar-refractivity contribution in [3.63, 3.8) is 0 Å². The van der Waals surface area contributed by atoms with Crippen LogP contribution in [0.5, 0.6) is 0 Å². The fourth-order valence-electron chi connectivity index (χ4n) is 15.8. The number of nitriles is 1. The van der Waals surface area contributed by atoms with Crippen molar-refractivity contribution in [2.75, 3.05) is 0 Å². The van der Waals surface area contributed by atoms with Crippen molar-refractivity contribution in [3.05, 3.63) is 345 Å². The van der Waals surface area contributed by atoms with Crippen molar-refractivity contribution in [3.8, 4) is 56.8 Å². The Hall–Kier alpha value is -13.0. The lowest BCUT2D eigenvalue weighted by molar-refractivity contribution is 1.17. The number of benzene rings is 15. The molecule has 0 atom stereocenters. The van der Waals surface area contributed by atoms with Crippen molar-refractivity contribution < 1.29 is 0 Å². The molecular weight excluding hydrogens is 1210 g/mol. The maximum atomic E-state index is 9.34. The van der Waals surface area contributed by atoms with Crippen LogP contribution in [-0.2, 0) is 0 Å². The minimum Gasteiger partial charge on any atom is -0.309 e. The summed E-state index contributed by atoms with van der Waals surface area (Å²) in [6, 6.07) is 125. The highest BCUT2D eigenvalue weighted by Gasteiger charge is 2.22. The molecule has 0 N–H and O–H groups in total. The van der Waals surface area contributed by atoms with Gasteiger partial charge < -0.3 is 22.8 Å². The number of hydrogen-bond donors (Lipinski definition) is 0. The molecule has 456 valence electrons. The number of thiophene rings is 1. The molecule has 0 aliphatic heterocycles. The Morgan fingerprint density at radius 1 is 0.214 bits per heavy atom. The standard InChI is InChI=1S/C48H31N3.C43H25N3S/c1-3-13-34(14-4-1)49-43-20-10-7-17-37(43)40-29-32(23-26-46(40)49)33-24-27-47-41(30-33)38-18-8-12-22-45(38)51(47)36-25-28-48-42(31-36)39-19-9-11-21-44(39)50(48)35-15-5-2-6-16-35;44-26-27-16-20-30(21-17-27)45-37-12-4-1-8-31(37)35-24-28(18-22-39(35)45)29-19-23-40-36(25-29)32-9-2-5-13-38(32)46(40)41-14-7-11-34-33-10-3-6-15-42(33)47-43(34)41/h1-31H;1-25H. The van der Waals surface area contributed by atoms with E-state index in [1.54, 1.807) is 0 Å². The van der Waals surface area contributed by atoms with E-state index in [9.17, 15) is 5.26 Å². The zero-order valence-corrected chi connectivity index (χ0v) is 53.7. The summed E-state index contributed by atoms with van der Waals surface area (Å²) in [5.41, 5.74) is 23.2. The zero-order chi connectivity index (χ0) is 64.5. The molecule has 21 rings (SSSR count). The van der Waals surface area contributed by atoms with Crippen LogP contribution in [-0.4, -0.2) is 22.8 Å². The summed E-state index contributed by atoms with van der Waals surface area (Å²) in [5.74, 6) is 0. The van der Waals surface area contributed by atoms with Gasteiger partial charge in [0.15, 0.2) is 0 Å².